The van der Waals surface area contributed by atoms with E-state index in [-0.39, 0.29) is 5.91 Å². The van der Waals surface area contributed by atoms with Gasteiger partial charge in [0.05, 0.1) is 23.5 Å². The molecule has 1 aliphatic heterocycles. The minimum atomic E-state index is 0.0289. The number of benzene rings is 1. The van der Waals surface area contributed by atoms with Crippen LogP contribution in [0.1, 0.15) is 15.9 Å². The van der Waals surface area contributed by atoms with E-state index >= 15 is 0 Å². The summed E-state index contributed by atoms with van der Waals surface area (Å²) >= 11 is 0. The number of carbonyl (C=O) groups is 1. The number of rotatable bonds is 3. The fourth-order valence-electron chi connectivity index (χ4n) is 3.84. The molecule has 4 rings (SSSR count). The first-order valence-electron chi connectivity index (χ1n) is 9.28. The van der Waals surface area contributed by atoms with Crippen LogP contribution in [0.3, 0.4) is 0 Å². The van der Waals surface area contributed by atoms with Crippen LogP contribution in [0.25, 0.3) is 10.9 Å². The molecule has 0 N–H and O–H groups in total. The van der Waals surface area contributed by atoms with Gasteiger partial charge in [0.15, 0.2) is 0 Å². The van der Waals surface area contributed by atoms with Crippen LogP contribution >= 0.6 is 0 Å². The highest BCUT2D eigenvalue weighted by Gasteiger charge is 2.25. The number of pyridine rings is 1. The molecule has 0 unspecified atom stereocenters. The van der Waals surface area contributed by atoms with Gasteiger partial charge in [-0.25, -0.2) is 0 Å². The molecular weight excluding hydrogens is 338 g/mol. The van der Waals surface area contributed by atoms with Gasteiger partial charge in [0.2, 0.25) is 0 Å². The van der Waals surface area contributed by atoms with Gasteiger partial charge in [0, 0.05) is 37.8 Å². The maximum absolute atomic E-state index is 12.9. The molecule has 1 aromatic carbocycles. The van der Waals surface area contributed by atoms with E-state index in [1.54, 1.807) is 18.5 Å². The second-order valence-electron chi connectivity index (χ2n) is 7.21. The van der Waals surface area contributed by atoms with E-state index in [1.165, 1.54) is 5.56 Å². The fourth-order valence-corrected chi connectivity index (χ4v) is 3.84. The Morgan fingerprint density at radius 1 is 1.07 bits per heavy atom. The second kappa shape index (κ2) is 7.80. The highest BCUT2D eigenvalue weighted by molar-refractivity contribution is 5.93. The van der Waals surface area contributed by atoms with Crippen molar-refractivity contribution in [1.82, 2.24) is 25.0 Å². The molecule has 6 heteroatoms. The number of carbonyl (C=O) groups excluding carboxylic acids is 1. The molecule has 6 nitrogen and oxygen atoms in total. The molecule has 138 valence electrons. The standard InChI is InChI=1S/C21H23N5O/c1-25-10-11-26(21(27)19-7-9-23-24-13-19)15-16(14-25)12-18-5-2-4-17-6-3-8-22-20(17)18/h2-9,13,16H,10-12,14-15H2,1H3/t16-/m0/s1. The van der Waals surface area contributed by atoms with E-state index in [9.17, 15) is 4.79 Å². The van der Waals surface area contributed by atoms with Crippen molar-refractivity contribution in [2.24, 2.45) is 5.92 Å². The van der Waals surface area contributed by atoms with Gasteiger partial charge in [-0.15, -0.1) is 0 Å². The summed E-state index contributed by atoms with van der Waals surface area (Å²) in [4.78, 5) is 21.7. The van der Waals surface area contributed by atoms with Gasteiger partial charge in [-0.1, -0.05) is 24.3 Å². The molecule has 1 aliphatic rings. The van der Waals surface area contributed by atoms with Gasteiger partial charge in [-0.05, 0) is 37.1 Å². The topological polar surface area (TPSA) is 62.2 Å². The van der Waals surface area contributed by atoms with Crippen LogP contribution in [0.2, 0.25) is 0 Å². The van der Waals surface area contributed by atoms with E-state index in [0.717, 1.165) is 43.5 Å². The molecule has 0 saturated carbocycles. The van der Waals surface area contributed by atoms with Crippen molar-refractivity contribution in [3.63, 3.8) is 0 Å². The number of amides is 1. The lowest BCUT2D eigenvalue weighted by molar-refractivity contribution is 0.0745. The predicted octanol–water partition coefficient (Wildman–Crippen LogP) is 2.27. The lowest BCUT2D eigenvalue weighted by atomic mass is 9.96. The third-order valence-corrected chi connectivity index (χ3v) is 5.14. The van der Waals surface area contributed by atoms with Gasteiger partial charge in [-0.3, -0.25) is 9.78 Å². The first kappa shape index (κ1) is 17.5. The normalized spacial score (nSPS) is 18.4. The molecule has 0 spiro atoms. The summed E-state index contributed by atoms with van der Waals surface area (Å²) in [6, 6.07) is 12.1. The molecule has 0 radical (unpaired) electrons. The Labute approximate surface area is 158 Å². The number of hydrogen-bond donors (Lipinski definition) is 0. The van der Waals surface area contributed by atoms with E-state index in [4.69, 9.17) is 0 Å². The summed E-state index contributed by atoms with van der Waals surface area (Å²) < 4.78 is 0. The average molecular weight is 361 g/mol. The molecule has 1 fully saturated rings. The Morgan fingerprint density at radius 2 is 1.96 bits per heavy atom. The van der Waals surface area contributed by atoms with Crippen LogP contribution < -0.4 is 0 Å². The zero-order valence-electron chi connectivity index (χ0n) is 15.5. The zero-order chi connectivity index (χ0) is 18.6. The van der Waals surface area contributed by atoms with Gasteiger partial charge in [0.25, 0.3) is 5.91 Å². The van der Waals surface area contributed by atoms with Crippen LogP contribution in [0.4, 0.5) is 0 Å². The molecular formula is C21H23N5O. The number of hydrogen-bond acceptors (Lipinski definition) is 5. The second-order valence-corrected chi connectivity index (χ2v) is 7.21. The van der Waals surface area contributed by atoms with E-state index in [2.05, 4.69) is 51.4 Å². The van der Waals surface area contributed by atoms with E-state index in [0.29, 0.717) is 11.5 Å². The summed E-state index contributed by atoms with van der Waals surface area (Å²) in [7, 11) is 2.12. The maximum atomic E-state index is 12.9. The van der Waals surface area contributed by atoms with E-state index in [1.807, 2.05) is 17.2 Å². The van der Waals surface area contributed by atoms with Crippen LogP contribution in [0.15, 0.2) is 55.0 Å². The first-order valence-corrected chi connectivity index (χ1v) is 9.28. The van der Waals surface area contributed by atoms with Crippen molar-refractivity contribution < 1.29 is 4.79 Å². The van der Waals surface area contributed by atoms with Gasteiger partial charge < -0.3 is 9.80 Å². The summed E-state index contributed by atoms with van der Waals surface area (Å²) in [6.45, 7) is 3.28. The van der Waals surface area contributed by atoms with Gasteiger partial charge in [0.1, 0.15) is 0 Å². The van der Waals surface area contributed by atoms with Crippen LogP contribution in [0.5, 0.6) is 0 Å². The molecule has 2 aromatic heterocycles. The molecule has 1 saturated heterocycles. The SMILES string of the molecule is CN1CCN(C(=O)c2ccnnc2)C[C@@H](Cc2cccc3cccnc23)C1. The third-order valence-electron chi connectivity index (χ3n) is 5.14. The molecule has 3 aromatic rings. The minimum Gasteiger partial charge on any atom is -0.337 e. The number of para-hydroxylation sites is 1. The number of fused-ring (bicyclic) bond motifs is 1. The predicted molar refractivity (Wildman–Crippen MR) is 104 cm³/mol. The fraction of sp³-hybridized carbons (Fsp3) is 0.333. The Balaban J connectivity index is 1.57. The van der Waals surface area contributed by atoms with Crippen molar-refractivity contribution in [2.45, 2.75) is 6.42 Å². The Hall–Kier alpha value is -2.86. The number of likely N-dealkylation sites (N-methyl/N-ethyl adjacent to an activating group) is 1. The molecule has 27 heavy (non-hydrogen) atoms. The van der Waals surface area contributed by atoms with Gasteiger partial charge in [-0.2, -0.15) is 10.2 Å². The monoisotopic (exact) mass is 361 g/mol. The highest BCUT2D eigenvalue weighted by atomic mass is 16.2. The zero-order valence-corrected chi connectivity index (χ0v) is 15.5. The van der Waals surface area contributed by atoms with Crippen molar-refractivity contribution in [1.29, 1.82) is 0 Å². The van der Waals surface area contributed by atoms with Crippen molar-refractivity contribution in [3.8, 4) is 0 Å². The smallest absolute Gasteiger partial charge is 0.255 e. The molecule has 0 bridgehead atoms. The molecule has 1 atom stereocenters. The largest absolute Gasteiger partial charge is 0.337 e. The minimum absolute atomic E-state index is 0.0289. The Kier molecular flexibility index (Phi) is 5.07. The van der Waals surface area contributed by atoms with E-state index < -0.39 is 0 Å². The van der Waals surface area contributed by atoms with Gasteiger partial charge >= 0.3 is 0 Å². The molecule has 1 amide bonds. The van der Waals surface area contributed by atoms with Crippen molar-refractivity contribution in [2.75, 3.05) is 33.2 Å². The first-order chi connectivity index (χ1) is 13.2. The number of nitrogens with zero attached hydrogens (tertiary/aromatic N) is 5. The lowest BCUT2D eigenvalue weighted by Gasteiger charge is -2.24. The van der Waals surface area contributed by atoms with Crippen LogP contribution in [-0.4, -0.2) is 64.1 Å². The summed E-state index contributed by atoms with van der Waals surface area (Å²) in [5.41, 5.74) is 2.90. The highest BCUT2D eigenvalue weighted by Crippen LogP contribution is 2.22. The Morgan fingerprint density at radius 3 is 2.81 bits per heavy atom. The molecule has 0 aliphatic carbocycles. The summed E-state index contributed by atoms with van der Waals surface area (Å²) in [5, 5.41) is 8.77. The summed E-state index contributed by atoms with van der Waals surface area (Å²) in [5.74, 6) is 0.380. The van der Waals surface area contributed by atoms with Crippen molar-refractivity contribution in [3.05, 3.63) is 66.1 Å². The van der Waals surface area contributed by atoms with Crippen LogP contribution in [-0.2, 0) is 6.42 Å². The Bertz CT molecular complexity index is 925. The quantitative estimate of drug-likeness (QED) is 0.716. The lowest BCUT2D eigenvalue weighted by Crippen LogP contribution is -2.36. The van der Waals surface area contributed by atoms with Crippen LogP contribution in [0, 0.1) is 5.92 Å². The van der Waals surface area contributed by atoms with Crippen molar-refractivity contribution >= 4 is 16.8 Å². The number of aromatic nitrogens is 3. The third kappa shape index (κ3) is 3.95. The maximum Gasteiger partial charge on any atom is 0.255 e. The average Bonchev–Trinajstić information content (AvgIpc) is 2.89. The molecule has 3 heterocycles. The summed E-state index contributed by atoms with van der Waals surface area (Å²) in [6.07, 6.45) is 5.85.